The molecule has 0 radical (unpaired) electrons. The van der Waals surface area contributed by atoms with Crippen LogP contribution in [0.1, 0.15) is 0 Å². The van der Waals surface area contributed by atoms with E-state index in [1.54, 1.807) is 0 Å². The minimum Gasteiger partial charge on any atom is -0.412 e. The molecular formula is C4H7N5O3. The van der Waals surface area contributed by atoms with Crippen molar-refractivity contribution in [2.75, 3.05) is 0 Å². The van der Waals surface area contributed by atoms with Gasteiger partial charge in [0.05, 0.1) is 6.33 Å². The van der Waals surface area contributed by atoms with Crippen molar-refractivity contribution in [1.82, 2.24) is 25.4 Å². The summed E-state index contributed by atoms with van der Waals surface area (Å²) in [7, 11) is 0. The van der Waals surface area contributed by atoms with Gasteiger partial charge in [0.25, 0.3) is 5.56 Å². The van der Waals surface area contributed by atoms with E-state index in [9.17, 15) is 4.79 Å². The third-order valence-corrected chi connectivity index (χ3v) is 1.13. The lowest BCUT2D eigenvalue weighted by molar-refractivity contribution is 0.823. The number of fused-ring (bicyclic) bond motifs is 1. The summed E-state index contributed by atoms with van der Waals surface area (Å²) in [6.07, 6.45) is 1.28. The van der Waals surface area contributed by atoms with Crippen LogP contribution in [0.5, 0.6) is 0 Å². The van der Waals surface area contributed by atoms with Crippen LogP contribution in [-0.2, 0) is 0 Å². The maximum Gasteiger partial charge on any atom is 0.280 e. The van der Waals surface area contributed by atoms with E-state index in [0.717, 1.165) is 0 Å². The Hall–Kier alpha value is -1.80. The lowest BCUT2D eigenvalue weighted by Crippen LogP contribution is -2.05. The smallest absolute Gasteiger partial charge is 0.280 e. The highest BCUT2D eigenvalue weighted by molar-refractivity contribution is 5.66. The molecule has 0 saturated carbocycles. The van der Waals surface area contributed by atoms with Crippen molar-refractivity contribution >= 4 is 11.2 Å². The molecule has 0 unspecified atom stereocenters. The topological polar surface area (TPSA) is 150 Å². The molecule has 2 rings (SSSR count). The van der Waals surface area contributed by atoms with E-state index in [2.05, 4.69) is 25.4 Å². The van der Waals surface area contributed by atoms with Crippen molar-refractivity contribution in [3.63, 3.8) is 0 Å². The highest BCUT2D eigenvalue weighted by Gasteiger charge is 2.00. The van der Waals surface area contributed by atoms with Crippen molar-refractivity contribution in [2.24, 2.45) is 0 Å². The van der Waals surface area contributed by atoms with Gasteiger partial charge in [-0.3, -0.25) is 4.79 Å². The van der Waals surface area contributed by atoms with Crippen LogP contribution in [0.15, 0.2) is 11.1 Å². The quantitative estimate of drug-likeness (QED) is 0.448. The second-order valence-electron chi connectivity index (χ2n) is 1.73. The molecule has 66 valence electrons. The second kappa shape index (κ2) is 3.55. The molecule has 8 heteroatoms. The number of H-pyrrole nitrogens is 2. The first-order valence-corrected chi connectivity index (χ1v) is 2.62. The summed E-state index contributed by atoms with van der Waals surface area (Å²) < 4.78 is 0. The van der Waals surface area contributed by atoms with Crippen molar-refractivity contribution in [1.29, 1.82) is 0 Å². The maximum absolute atomic E-state index is 10.8. The van der Waals surface area contributed by atoms with Gasteiger partial charge in [-0.1, -0.05) is 0 Å². The number of aromatic amines is 2. The lowest BCUT2D eigenvalue weighted by Gasteiger charge is -1.79. The molecule has 0 bridgehead atoms. The van der Waals surface area contributed by atoms with E-state index in [1.165, 1.54) is 6.33 Å². The molecule has 2 heterocycles. The molecule has 0 amide bonds. The van der Waals surface area contributed by atoms with Gasteiger partial charge < -0.3 is 15.9 Å². The number of nitrogens with one attached hydrogen (secondary N) is 2. The Balaban J connectivity index is 0.000000605. The minimum absolute atomic E-state index is 0. The van der Waals surface area contributed by atoms with Crippen LogP contribution in [0.2, 0.25) is 0 Å². The number of hydrogen-bond acceptors (Lipinski definition) is 4. The summed E-state index contributed by atoms with van der Waals surface area (Å²) in [6.45, 7) is 0. The van der Waals surface area contributed by atoms with Crippen LogP contribution in [0.25, 0.3) is 11.2 Å². The summed E-state index contributed by atoms with van der Waals surface area (Å²) >= 11 is 0. The summed E-state index contributed by atoms with van der Waals surface area (Å²) in [5.41, 5.74) is 0.296. The standard InChI is InChI=1S/C4H3N5O.2H2O/c10-4-2-3(5-1-6-4)8-9-7-2;;/h1H,(H2,5,6,7,8,9,10);2*1H2. The molecule has 8 nitrogen and oxygen atoms in total. The van der Waals surface area contributed by atoms with E-state index in [1.807, 2.05) is 0 Å². The average Bonchev–Trinajstić information content (AvgIpc) is 2.36. The Labute approximate surface area is 65.3 Å². The van der Waals surface area contributed by atoms with Gasteiger partial charge in [0.2, 0.25) is 5.65 Å². The van der Waals surface area contributed by atoms with Crippen LogP contribution < -0.4 is 5.56 Å². The summed E-state index contributed by atoms with van der Waals surface area (Å²) in [4.78, 5) is 16.9. The Morgan fingerprint density at radius 3 is 2.67 bits per heavy atom. The molecule has 0 aliphatic carbocycles. The monoisotopic (exact) mass is 173 g/mol. The van der Waals surface area contributed by atoms with E-state index in [-0.39, 0.29) is 22.0 Å². The Bertz CT molecular complexity index is 406. The fourth-order valence-electron chi connectivity index (χ4n) is 0.688. The van der Waals surface area contributed by atoms with Gasteiger partial charge in [-0.15, -0.1) is 10.2 Å². The fourth-order valence-corrected chi connectivity index (χ4v) is 0.688. The van der Waals surface area contributed by atoms with Gasteiger partial charge in [0, 0.05) is 0 Å². The van der Waals surface area contributed by atoms with Gasteiger partial charge in [0.15, 0.2) is 5.52 Å². The van der Waals surface area contributed by atoms with Gasteiger partial charge in [-0.05, 0) is 0 Å². The fraction of sp³-hybridized carbons (Fsp3) is 0. The molecule has 0 aliphatic rings. The molecule has 0 aliphatic heterocycles. The Morgan fingerprint density at radius 1 is 1.25 bits per heavy atom. The molecule has 12 heavy (non-hydrogen) atoms. The molecule has 2 aromatic rings. The largest absolute Gasteiger partial charge is 0.412 e. The minimum atomic E-state index is -0.279. The average molecular weight is 173 g/mol. The van der Waals surface area contributed by atoms with Crippen molar-refractivity contribution in [3.8, 4) is 0 Å². The van der Waals surface area contributed by atoms with Crippen LogP contribution in [-0.4, -0.2) is 36.3 Å². The number of nitrogens with zero attached hydrogens (tertiary/aromatic N) is 3. The molecule has 2 aromatic heterocycles. The molecular weight excluding hydrogens is 166 g/mol. The third-order valence-electron chi connectivity index (χ3n) is 1.13. The molecule has 0 atom stereocenters. The van der Waals surface area contributed by atoms with Crippen LogP contribution in [0.3, 0.4) is 0 Å². The highest BCUT2D eigenvalue weighted by Crippen LogP contribution is 1.91. The van der Waals surface area contributed by atoms with Gasteiger partial charge in [-0.25, -0.2) is 4.98 Å². The van der Waals surface area contributed by atoms with E-state index < -0.39 is 0 Å². The summed E-state index contributed by atoms with van der Waals surface area (Å²) in [5, 5.41) is 9.48. The molecule has 0 aromatic carbocycles. The Kier molecular flexibility index (Phi) is 3.02. The third kappa shape index (κ3) is 1.28. The number of hydrogen-bond donors (Lipinski definition) is 2. The second-order valence-corrected chi connectivity index (χ2v) is 1.73. The van der Waals surface area contributed by atoms with Crippen LogP contribution in [0.4, 0.5) is 0 Å². The maximum atomic E-state index is 10.8. The van der Waals surface area contributed by atoms with Gasteiger partial charge in [0.1, 0.15) is 0 Å². The zero-order chi connectivity index (χ0) is 6.97. The number of aromatic nitrogens is 5. The van der Waals surface area contributed by atoms with Crippen LogP contribution >= 0.6 is 0 Å². The molecule has 0 saturated heterocycles. The molecule has 0 fully saturated rings. The highest BCUT2D eigenvalue weighted by atomic mass is 16.1. The van der Waals surface area contributed by atoms with Crippen molar-refractivity contribution in [2.45, 2.75) is 0 Å². The Morgan fingerprint density at radius 2 is 2.00 bits per heavy atom. The summed E-state index contributed by atoms with van der Waals surface area (Å²) in [5.74, 6) is 0. The first kappa shape index (κ1) is 10.2. The first-order valence-electron chi connectivity index (χ1n) is 2.62. The first-order chi connectivity index (χ1) is 4.88. The van der Waals surface area contributed by atoms with Crippen LogP contribution in [0, 0.1) is 0 Å². The zero-order valence-corrected chi connectivity index (χ0v) is 5.83. The normalized spacial score (nSPS) is 8.67. The number of rotatable bonds is 0. The summed E-state index contributed by atoms with van der Waals surface area (Å²) in [6, 6.07) is 0. The van der Waals surface area contributed by atoms with E-state index in [0.29, 0.717) is 5.65 Å². The molecule has 0 spiro atoms. The predicted molar refractivity (Wildman–Crippen MR) is 39.5 cm³/mol. The zero-order valence-electron chi connectivity index (χ0n) is 5.83. The van der Waals surface area contributed by atoms with Crippen molar-refractivity contribution in [3.05, 3.63) is 16.7 Å². The predicted octanol–water partition coefficient (Wildman–Crippen LogP) is -2.61. The van der Waals surface area contributed by atoms with E-state index in [4.69, 9.17) is 0 Å². The van der Waals surface area contributed by atoms with Gasteiger partial charge >= 0.3 is 0 Å². The van der Waals surface area contributed by atoms with E-state index >= 15 is 0 Å². The van der Waals surface area contributed by atoms with Crippen molar-refractivity contribution < 1.29 is 11.0 Å². The SMILES string of the molecule is O.O.O=c1[nH]cnc2n[nH]nc12. The van der Waals surface area contributed by atoms with Gasteiger partial charge in [-0.2, -0.15) is 5.21 Å². The lowest BCUT2D eigenvalue weighted by atomic mass is 10.6. The molecule has 6 N–H and O–H groups in total.